The zero-order valence-electron chi connectivity index (χ0n) is 9.90. The van der Waals surface area contributed by atoms with Crippen LogP contribution in [-0.2, 0) is 37.2 Å². The molecule has 10 heteroatoms. The fourth-order valence-corrected chi connectivity index (χ4v) is 4.57. The van der Waals surface area contributed by atoms with E-state index in [-0.39, 0.29) is 18.6 Å². The van der Waals surface area contributed by atoms with Gasteiger partial charge in [-0.25, -0.2) is 4.31 Å². The van der Waals surface area contributed by atoms with Crippen LogP contribution in [0.1, 0.15) is 20.8 Å². The third kappa shape index (κ3) is 13.3. The molecule has 0 aliphatic carbocycles. The molecule has 0 amide bonds. The smallest absolute Gasteiger partial charge is 0.331 e. The molecule has 0 aliphatic rings. The highest BCUT2D eigenvalue weighted by atomic mass is 32.5. The highest BCUT2D eigenvalue weighted by Crippen LogP contribution is 2.57. The average Bonchev–Trinajstić information content (AvgIpc) is 1.95. The minimum absolute atomic E-state index is 0.000802. The summed E-state index contributed by atoms with van der Waals surface area (Å²) in [6.45, 7) is -0.907. The molecular formula is C7H18O6P2S2. The standard InChI is InChI=1S/C7H18O6P2S2/c1-7(2,3)6-11-4-5-12-15(10,17)13-14(8,9)16/h4-6H2,1-3H3,(H,10,17)(H2,8,9,16). The molecule has 0 aromatic rings. The molecule has 3 N–H and O–H groups in total. The van der Waals surface area contributed by atoms with Gasteiger partial charge in [-0.15, -0.1) is 0 Å². The first-order chi connectivity index (χ1) is 7.41. The second kappa shape index (κ2) is 7.01. The van der Waals surface area contributed by atoms with Gasteiger partial charge in [0.25, 0.3) is 0 Å². The molecule has 0 bridgehead atoms. The Bertz CT molecular complexity index is 323. The van der Waals surface area contributed by atoms with Gasteiger partial charge in [0.1, 0.15) is 0 Å². The van der Waals surface area contributed by atoms with E-state index in [1.165, 1.54) is 0 Å². The van der Waals surface area contributed by atoms with E-state index in [0.29, 0.717) is 6.61 Å². The Balaban J connectivity index is 3.82. The second-order valence-corrected chi connectivity index (χ2v) is 10.1. The Morgan fingerprint density at radius 2 is 1.59 bits per heavy atom. The third-order valence-electron chi connectivity index (χ3n) is 1.23. The summed E-state index contributed by atoms with van der Waals surface area (Å²) in [6.07, 6.45) is 0. The Kier molecular flexibility index (Phi) is 7.44. The summed E-state index contributed by atoms with van der Waals surface area (Å²) in [4.78, 5) is 27.0. The summed E-state index contributed by atoms with van der Waals surface area (Å²) in [5.74, 6) is 0. The van der Waals surface area contributed by atoms with Gasteiger partial charge < -0.3 is 23.9 Å². The Hall–Kier alpha value is 1.06. The van der Waals surface area contributed by atoms with Crippen LogP contribution < -0.4 is 0 Å². The molecule has 0 aliphatic heterocycles. The van der Waals surface area contributed by atoms with E-state index < -0.39 is 13.4 Å². The van der Waals surface area contributed by atoms with Crippen molar-refractivity contribution < 1.29 is 28.3 Å². The topological polar surface area (TPSA) is 88.4 Å². The van der Waals surface area contributed by atoms with Crippen LogP contribution in [0.25, 0.3) is 0 Å². The van der Waals surface area contributed by atoms with Crippen molar-refractivity contribution in [3.8, 4) is 0 Å². The zero-order chi connectivity index (χ0) is 13.7. The Morgan fingerprint density at radius 1 is 1.06 bits per heavy atom. The normalized spacial score (nSPS) is 16.8. The van der Waals surface area contributed by atoms with Crippen molar-refractivity contribution >= 4 is 37.1 Å². The predicted octanol–water partition coefficient (Wildman–Crippen LogP) is 1.51. The highest BCUT2D eigenvalue weighted by Gasteiger charge is 2.24. The van der Waals surface area contributed by atoms with Crippen LogP contribution in [0.2, 0.25) is 0 Å². The molecule has 6 nitrogen and oxygen atoms in total. The highest BCUT2D eigenvalue weighted by molar-refractivity contribution is 8.14. The van der Waals surface area contributed by atoms with Crippen molar-refractivity contribution in [3.05, 3.63) is 0 Å². The van der Waals surface area contributed by atoms with Gasteiger partial charge >= 0.3 is 13.4 Å². The molecule has 104 valence electrons. The lowest BCUT2D eigenvalue weighted by atomic mass is 9.99. The lowest BCUT2D eigenvalue weighted by molar-refractivity contribution is 0.0488. The van der Waals surface area contributed by atoms with E-state index in [1.807, 2.05) is 20.8 Å². The fraction of sp³-hybridized carbons (Fsp3) is 1.00. The van der Waals surface area contributed by atoms with Crippen LogP contribution >= 0.6 is 13.4 Å². The average molecular weight is 324 g/mol. The van der Waals surface area contributed by atoms with Gasteiger partial charge in [-0.05, 0) is 29.0 Å². The molecule has 0 saturated carbocycles. The van der Waals surface area contributed by atoms with Crippen LogP contribution in [0.15, 0.2) is 0 Å². The van der Waals surface area contributed by atoms with Crippen molar-refractivity contribution in [2.75, 3.05) is 19.8 Å². The van der Waals surface area contributed by atoms with E-state index in [1.54, 1.807) is 0 Å². The van der Waals surface area contributed by atoms with Gasteiger partial charge in [0.15, 0.2) is 0 Å². The number of hydrogen-bond donors (Lipinski definition) is 3. The van der Waals surface area contributed by atoms with E-state index in [9.17, 15) is 4.89 Å². The number of hydrogen-bond acceptors (Lipinski definition) is 5. The molecule has 0 radical (unpaired) electrons. The third-order valence-corrected chi connectivity index (χ3v) is 4.93. The first-order valence-corrected chi connectivity index (χ1v) is 9.95. The Labute approximate surface area is 111 Å². The zero-order valence-corrected chi connectivity index (χ0v) is 13.3. The van der Waals surface area contributed by atoms with Gasteiger partial charge in [-0.3, -0.25) is 0 Å². The van der Waals surface area contributed by atoms with Crippen LogP contribution in [0.4, 0.5) is 0 Å². The van der Waals surface area contributed by atoms with E-state index in [0.717, 1.165) is 0 Å². The molecule has 0 saturated heterocycles. The maximum atomic E-state index is 9.38. The molecule has 0 aromatic carbocycles. The monoisotopic (exact) mass is 324 g/mol. The SMILES string of the molecule is CC(C)(C)COCCOP(O)(=S)OP(O)(O)=S. The molecule has 1 atom stereocenters. The van der Waals surface area contributed by atoms with E-state index >= 15 is 0 Å². The van der Waals surface area contributed by atoms with Gasteiger partial charge in [-0.2, -0.15) is 0 Å². The largest absolute Gasteiger partial charge is 0.378 e. The first kappa shape index (κ1) is 18.1. The van der Waals surface area contributed by atoms with E-state index in [4.69, 9.17) is 19.0 Å². The maximum absolute atomic E-state index is 9.38. The van der Waals surface area contributed by atoms with Crippen molar-refractivity contribution in [1.29, 1.82) is 0 Å². The van der Waals surface area contributed by atoms with Crippen LogP contribution in [0.3, 0.4) is 0 Å². The van der Waals surface area contributed by atoms with Crippen LogP contribution in [0.5, 0.6) is 0 Å². The minimum atomic E-state index is -4.01. The van der Waals surface area contributed by atoms with Crippen molar-refractivity contribution in [2.45, 2.75) is 20.8 Å². The van der Waals surface area contributed by atoms with Crippen LogP contribution in [-0.4, -0.2) is 34.5 Å². The number of rotatable bonds is 7. The molecule has 1 unspecified atom stereocenters. The molecule has 0 aromatic heterocycles. The fourth-order valence-electron chi connectivity index (χ4n) is 0.748. The summed E-state index contributed by atoms with van der Waals surface area (Å²) < 4.78 is 14.4. The molecular weight excluding hydrogens is 306 g/mol. The Morgan fingerprint density at radius 3 is 2.00 bits per heavy atom. The van der Waals surface area contributed by atoms with Gasteiger partial charge in [0.2, 0.25) is 0 Å². The summed E-state index contributed by atoms with van der Waals surface area (Å²) in [5.41, 5.74) is 0.0351. The lowest BCUT2D eigenvalue weighted by Gasteiger charge is -2.20. The molecule has 0 spiro atoms. The summed E-state index contributed by atoms with van der Waals surface area (Å²) in [6, 6.07) is 0. The number of ether oxygens (including phenoxy) is 1. The minimum Gasteiger partial charge on any atom is -0.378 e. The summed E-state index contributed by atoms with van der Waals surface area (Å²) >= 11 is 8.70. The predicted molar refractivity (Wildman–Crippen MR) is 72.5 cm³/mol. The summed E-state index contributed by atoms with van der Waals surface area (Å²) in [7, 11) is 0. The van der Waals surface area contributed by atoms with Crippen molar-refractivity contribution in [3.63, 3.8) is 0 Å². The lowest BCUT2D eigenvalue weighted by Crippen LogP contribution is -2.16. The van der Waals surface area contributed by atoms with Gasteiger partial charge in [0, 0.05) is 0 Å². The summed E-state index contributed by atoms with van der Waals surface area (Å²) in [5, 5.41) is 0. The second-order valence-electron chi connectivity index (χ2n) is 4.49. The quantitative estimate of drug-likeness (QED) is 0.480. The van der Waals surface area contributed by atoms with Crippen LogP contribution in [0, 0.1) is 5.41 Å². The molecule has 0 rings (SSSR count). The first-order valence-electron chi connectivity index (χ1n) is 4.73. The van der Waals surface area contributed by atoms with Gasteiger partial charge in [0.05, 0.1) is 19.8 Å². The van der Waals surface area contributed by atoms with Crippen molar-refractivity contribution in [1.82, 2.24) is 0 Å². The maximum Gasteiger partial charge on any atom is 0.331 e. The molecule has 0 heterocycles. The molecule has 17 heavy (non-hydrogen) atoms. The van der Waals surface area contributed by atoms with Crippen molar-refractivity contribution in [2.24, 2.45) is 5.41 Å². The van der Waals surface area contributed by atoms with Gasteiger partial charge in [-0.1, -0.05) is 20.8 Å². The van der Waals surface area contributed by atoms with E-state index in [2.05, 4.69) is 27.9 Å². The molecule has 0 fully saturated rings.